The molecular formula is C16H20F3N3O2S. The van der Waals surface area contributed by atoms with Crippen molar-refractivity contribution in [2.75, 3.05) is 26.2 Å². The van der Waals surface area contributed by atoms with Gasteiger partial charge in [0.25, 0.3) is 0 Å². The standard InChI is InChI=1S/C16H20F3N3O2S/c1-2-21-11-12-5-7-22(8-6-12)25(23,24)14-4-3-13(10-20)15(9-14)16(17,18)19/h3-4,9,12,21H,2,5-8,11H2,1H3. The minimum atomic E-state index is -4.78. The van der Waals surface area contributed by atoms with E-state index in [9.17, 15) is 21.6 Å². The molecular weight excluding hydrogens is 355 g/mol. The lowest BCUT2D eigenvalue weighted by Crippen LogP contribution is -2.40. The Labute approximate surface area is 145 Å². The molecule has 1 N–H and O–H groups in total. The summed E-state index contributed by atoms with van der Waals surface area (Å²) in [5.41, 5.74) is -1.81. The van der Waals surface area contributed by atoms with Gasteiger partial charge >= 0.3 is 6.18 Å². The molecule has 0 radical (unpaired) electrons. The quantitative estimate of drug-likeness (QED) is 0.859. The summed E-state index contributed by atoms with van der Waals surface area (Å²) >= 11 is 0. The second-order valence-corrected chi connectivity index (χ2v) is 7.91. The van der Waals surface area contributed by atoms with Crippen LogP contribution in [0.2, 0.25) is 0 Å². The van der Waals surface area contributed by atoms with E-state index in [4.69, 9.17) is 5.26 Å². The lowest BCUT2D eigenvalue weighted by molar-refractivity contribution is -0.137. The highest BCUT2D eigenvalue weighted by molar-refractivity contribution is 7.89. The number of hydrogen-bond acceptors (Lipinski definition) is 4. The van der Waals surface area contributed by atoms with Gasteiger partial charge in [0.1, 0.15) is 0 Å². The molecule has 1 fully saturated rings. The minimum Gasteiger partial charge on any atom is -0.317 e. The third-order valence-electron chi connectivity index (χ3n) is 4.31. The molecule has 1 saturated heterocycles. The molecule has 0 amide bonds. The first-order valence-corrected chi connectivity index (χ1v) is 9.46. The van der Waals surface area contributed by atoms with E-state index in [0.717, 1.165) is 25.2 Å². The Morgan fingerprint density at radius 2 is 1.96 bits per heavy atom. The molecule has 2 rings (SSSR count). The Hall–Kier alpha value is -1.63. The van der Waals surface area contributed by atoms with Crippen LogP contribution in [0.15, 0.2) is 23.1 Å². The van der Waals surface area contributed by atoms with E-state index in [2.05, 4.69) is 5.32 Å². The Morgan fingerprint density at radius 3 is 2.48 bits per heavy atom. The van der Waals surface area contributed by atoms with Crippen LogP contribution in [-0.4, -0.2) is 38.9 Å². The van der Waals surface area contributed by atoms with Crippen LogP contribution < -0.4 is 5.32 Å². The van der Waals surface area contributed by atoms with Crippen molar-refractivity contribution in [3.05, 3.63) is 29.3 Å². The zero-order valence-corrected chi connectivity index (χ0v) is 14.6. The highest BCUT2D eigenvalue weighted by Gasteiger charge is 2.36. The van der Waals surface area contributed by atoms with Gasteiger partial charge in [-0.2, -0.15) is 22.7 Å². The number of benzene rings is 1. The number of nitrogens with zero attached hydrogens (tertiary/aromatic N) is 2. The van der Waals surface area contributed by atoms with Crippen molar-refractivity contribution in [3.63, 3.8) is 0 Å². The lowest BCUT2D eigenvalue weighted by atomic mass is 9.98. The summed E-state index contributed by atoms with van der Waals surface area (Å²) in [7, 11) is -4.01. The topological polar surface area (TPSA) is 73.2 Å². The van der Waals surface area contributed by atoms with Crippen LogP contribution in [0.1, 0.15) is 30.9 Å². The molecule has 1 heterocycles. The van der Waals surface area contributed by atoms with Crippen molar-refractivity contribution < 1.29 is 21.6 Å². The first kappa shape index (κ1) is 19.7. The van der Waals surface area contributed by atoms with Crippen molar-refractivity contribution in [3.8, 4) is 6.07 Å². The van der Waals surface area contributed by atoms with E-state index in [-0.39, 0.29) is 13.1 Å². The number of nitriles is 1. The summed E-state index contributed by atoms with van der Waals surface area (Å²) in [5.74, 6) is 0.359. The Balaban J connectivity index is 2.22. The second kappa shape index (κ2) is 7.72. The number of alkyl halides is 3. The van der Waals surface area contributed by atoms with Gasteiger partial charge in [0.05, 0.1) is 22.1 Å². The number of sulfonamides is 1. The predicted octanol–water partition coefficient (Wildman–Crippen LogP) is 2.59. The molecule has 0 atom stereocenters. The van der Waals surface area contributed by atoms with E-state index in [1.165, 1.54) is 10.4 Å². The fourth-order valence-corrected chi connectivity index (χ4v) is 4.36. The van der Waals surface area contributed by atoms with Crippen molar-refractivity contribution >= 4 is 10.0 Å². The average Bonchev–Trinajstić information content (AvgIpc) is 2.59. The number of halogens is 3. The maximum Gasteiger partial charge on any atom is 0.417 e. The highest BCUT2D eigenvalue weighted by atomic mass is 32.2. The number of rotatable bonds is 5. The summed E-state index contributed by atoms with van der Waals surface area (Å²) in [6.45, 7) is 4.19. The van der Waals surface area contributed by atoms with Crippen molar-refractivity contribution in [1.29, 1.82) is 5.26 Å². The van der Waals surface area contributed by atoms with E-state index < -0.39 is 32.2 Å². The van der Waals surface area contributed by atoms with Gasteiger partial charge in [0.2, 0.25) is 10.0 Å². The molecule has 1 aromatic carbocycles. The molecule has 9 heteroatoms. The monoisotopic (exact) mass is 375 g/mol. The predicted molar refractivity (Wildman–Crippen MR) is 86.2 cm³/mol. The van der Waals surface area contributed by atoms with E-state index in [1.807, 2.05) is 6.92 Å². The molecule has 0 aromatic heterocycles. The van der Waals surface area contributed by atoms with Crippen molar-refractivity contribution in [2.45, 2.75) is 30.8 Å². The number of nitrogens with one attached hydrogen (secondary N) is 1. The fourth-order valence-electron chi connectivity index (χ4n) is 2.87. The zero-order chi connectivity index (χ0) is 18.7. The first-order chi connectivity index (χ1) is 11.7. The lowest BCUT2D eigenvalue weighted by Gasteiger charge is -2.31. The van der Waals surface area contributed by atoms with Crippen LogP contribution >= 0.6 is 0 Å². The molecule has 25 heavy (non-hydrogen) atoms. The SMILES string of the molecule is CCNCC1CCN(S(=O)(=O)c2ccc(C#N)c(C(F)(F)F)c2)CC1. The molecule has 0 spiro atoms. The fraction of sp³-hybridized carbons (Fsp3) is 0.562. The molecule has 138 valence electrons. The summed E-state index contributed by atoms with van der Waals surface area (Å²) in [6.07, 6.45) is -3.46. The Morgan fingerprint density at radius 1 is 1.32 bits per heavy atom. The van der Waals surface area contributed by atoms with Gasteiger partial charge in [-0.15, -0.1) is 0 Å². The summed E-state index contributed by atoms with van der Waals surface area (Å²) < 4.78 is 65.7. The maximum atomic E-state index is 13.0. The summed E-state index contributed by atoms with van der Waals surface area (Å²) in [5, 5.41) is 12.0. The van der Waals surface area contributed by atoms with Gasteiger partial charge in [0.15, 0.2) is 0 Å². The van der Waals surface area contributed by atoms with Gasteiger partial charge < -0.3 is 5.32 Å². The van der Waals surface area contributed by atoms with Crippen molar-refractivity contribution in [2.24, 2.45) is 5.92 Å². The van der Waals surface area contributed by atoms with Gasteiger partial charge in [0, 0.05) is 13.1 Å². The van der Waals surface area contributed by atoms with Crippen LogP contribution in [0.4, 0.5) is 13.2 Å². The highest BCUT2D eigenvalue weighted by Crippen LogP contribution is 2.34. The molecule has 0 bridgehead atoms. The van der Waals surface area contributed by atoms with E-state index in [1.54, 1.807) is 0 Å². The van der Waals surface area contributed by atoms with Crippen LogP contribution in [0.5, 0.6) is 0 Å². The van der Waals surface area contributed by atoms with Gasteiger partial charge in [-0.3, -0.25) is 0 Å². The summed E-state index contributed by atoms with van der Waals surface area (Å²) in [4.78, 5) is -0.427. The molecule has 1 aromatic rings. The van der Waals surface area contributed by atoms with E-state index in [0.29, 0.717) is 24.8 Å². The molecule has 0 unspecified atom stereocenters. The number of hydrogen-bond donors (Lipinski definition) is 1. The minimum absolute atomic E-state index is 0.278. The molecule has 5 nitrogen and oxygen atoms in total. The van der Waals surface area contributed by atoms with Crippen molar-refractivity contribution in [1.82, 2.24) is 9.62 Å². The molecule has 1 aliphatic heterocycles. The average molecular weight is 375 g/mol. The maximum absolute atomic E-state index is 13.0. The van der Waals surface area contributed by atoms with Crippen LogP contribution in [0, 0.1) is 17.2 Å². The third-order valence-corrected chi connectivity index (χ3v) is 6.21. The third kappa shape index (κ3) is 4.51. The molecule has 1 aliphatic rings. The zero-order valence-electron chi connectivity index (χ0n) is 13.8. The smallest absolute Gasteiger partial charge is 0.317 e. The normalized spacial score (nSPS) is 17.4. The number of piperidine rings is 1. The van der Waals surface area contributed by atoms with Crippen LogP contribution in [0.3, 0.4) is 0 Å². The van der Waals surface area contributed by atoms with E-state index >= 15 is 0 Å². The Bertz CT molecular complexity index is 749. The second-order valence-electron chi connectivity index (χ2n) is 5.97. The van der Waals surface area contributed by atoms with Gasteiger partial charge in [-0.25, -0.2) is 8.42 Å². The van der Waals surface area contributed by atoms with Crippen LogP contribution in [0.25, 0.3) is 0 Å². The van der Waals surface area contributed by atoms with Gasteiger partial charge in [-0.1, -0.05) is 6.92 Å². The van der Waals surface area contributed by atoms with Crippen LogP contribution in [-0.2, 0) is 16.2 Å². The first-order valence-electron chi connectivity index (χ1n) is 8.02. The molecule has 0 aliphatic carbocycles. The molecule has 0 saturated carbocycles. The van der Waals surface area contributed by atoms with Gasteiger partial charge in [-0.05, 0) is 50.0 Å². The Kier molecular flexibility index (Phi) is 6.08. The summed E-state index contributed by atoms with van der Waals surface area (Å²) in [6, 6.07) is 3.98. The largest absolute Gasteiger partial charge is 0.417 e.